The second-order valence-electron chi connectivity index (χ2n) is 21.3. The number of nitrogens with one attached hydrogen (secondary N) is 1. The van der Waals surface area contributed by atoms with Crippen molar-refractivity contribution < 1.29 is 140 Å². The van der Waals surface area contributed by atoms with Gasteiger partial charge in [0, 0.05) is 108 Å². The van der Waals surface area contributed by atoms with Crippen LogP contribution in [0.5, 0.6) is 0 Å². The zero-order chi connectivity index (χ0) is 85.4. The summed E-state index contributed by atoms with van der Waals surface area (Å²) in [6.45, 7) is 1.93. The van der Waals surface area contributed by atoms with Crippen molar-refractivity contribution in [1.82, 2.24) is 52.9 Å². The van der Waals surface area contributed by atoms with Crippen LogP contribution >= 0.6 is 164 Å². The second kappa shape index (κ2) is 57.8. The Morgan fingerprint density at radius 3 is 1.47 bits per heavy atom. The Hall–Kier alpha value is -6.31. The number of carboxylic acids is 1. The van der Waals surface area contributed by atoms with E-state index in [9.17, 15) is 28.7 Å². The fraction of sp³-hybridized carbons (Fsp3) is 0.0822. The Kier molecular flexibility index (Phi) is 52.8. The second-order valence-corrected chi connectivity index (χ2v) is 27.0. The average Bonchev–Trinajstić information content (AvgIpc) is 1.65. The van der Waals surface area contributed by atoms with Crippen LogP contribution in [-0.4, -0.2) is 130 Å². The summed E-state index contributed by atoms with van der Waals surface area (Å²) in [4.78, 5) is 80.6. The maximum Gasteiger partial charge on any atom is 1.00 e. The number of halogens is 15. The van der Waals surface area contributed by atoms with Crippen LogP contribution in [0, 0.1) is 11.3 Å². The molecule has 8 N–H and O–H groups in total. The minimum absolute atomic E-state index is 0. The summed E-state index contributed by atoms with van der Waals surface area (Å²) >= 11 is 67.8. The van der Waals surface area contributed by atoms with Crippen molar-refractivity contribution >= 4 is 222 Å². The molecule has 0 bridgehead atoms. The largest absolute Gasteiger partial charge is 1.00 e. The molecule has 26 nitrogen and oxygen atoms in total. The van der Waals surface area contributed by atoms with Crippen LogP contribution in [0.25, 0.3) is 67.7 Å². The van der Waals surface area contributed by atoms with Crippen LogP contribution in [0.2, 0.25) is 50.2 Å². The molecule has 1 unspecified atom stereocenters. The van der Waals surface area contributed by atoms with Gasteiger partial charge in [0.15, 0.2) is 17.8 Å². The Morgan fingerprint density at radius 2 is 1.04 bits per heavy atom. The fourth-order valence-corrected chi connectivity index (χ4v) is 11.2. The Bertz CT molecular complexity index is 5560. The number of aromatic nitrogens is 10. The summed E-state index contributed by atoms with van der Waals surface area (Å²) in [6, 6.07) is 48.9. The number of carbonyl (C=O) groups is 4. The monoisotopic (exact) mass is 1960 g/mol. The van der Waals surface area contributed by atoms with E-state index in [-0.39, 0.29) is 102 Å². The zero-order valence-corrected chi connectivity index (χ0v) is 77.6. The van der Waals surface area contributed by atoms with Gasteiger partial charge in [-0.3, -0.25) is 37.4 Å². The number of fused-ring (bicyclic) bond motifs is 4. The number of Topliss-reactive ketones (excluding diaryl/α,β-unsaturated/α-hetero) is 1. The number of imidazole rings is 4. The quantitative estimate of drug-likeness (QED) is 0.00633. The first kappa shape index (κ1) is 107. The van der Waals surface area contributed by atoms with Gasteiger partial charge < -0.3 is 36.0 Å². The summed E-state index contributed by atoms with van der Waals surface area (Å²) in [5.41, 5.74) is 16.7. The number of aliphatic hydroxyl groups excluding tert-OH is 1. The number of ketones is 1. The number of carboxylic acid groups (broad SMARTS) is 1. The maximum absolute atomic E-state index is 12.1. The number of hydrogen-bond donors (Lipinski definition) is 6. The molecular weight excluding hydrogens is 1900 g/mol. The minimum atomic E-state index is -3.04. The van der Waals surface area contributed by atoms with Crippen molar-refractivity contribution in [2.45, 2.75) is 6.92 Å². The number of anilines is 1. The molecule has 5 aromatic carbocycles. The third-order valence-electron chi connectivity index (χ3n) is 13.6. The minimum Gasteiger partial charge on any atom is -1.00 e. The topological polar surface area (TPSA) is 387 Å². The van der Waals surface area contributed by atoms with E-state index >= 15 is 0 Å². The molecule has 44 heteroatoms. The van der Waals surface area contributed by atoms with Crippen molar-refractivity contribution in [3.63, 3.8) is 0 Å². The van der Waals surface area contributed by atoms with Crippen LogP contribution in [0.15, 0.2) is 213 Å². The first-order chi connectivity index (χ1) is 55.0. The predicted molar refractivity (Wildman–Crippen MR) is 451 cm³/mol. The number of aromatic carboxylic acids is 1. The number of nitrogen functional groups attached to an aromatic ring is 2. The van der Waals surface area contributed by atoms with Gasteiger partial charge in [-0.1, -0.05) is 156 Å². The van der Waals surface area contributed by atoms with Gasteiger partial charge in [0.05, 0.1) is 56.0 Å². The summed E-state index contributed by atoms with van der Waals surface area (Å²) < 4.78 is 52.1. The van der Waals surface area contributed by atoms with Gasteiger partial charge in [-0.2, -0.15) is 0 Å². The number of alkyl halides is 2. The molecule has 0 saturated heterocycles. The Morgan fingerprint density at radius 1 is 0.641 bits per heavy atom. The van der Waals surface area contributed by atoms with Crippen LogP contribution in [0.4, 0.5) is 10.2 Å². The molecule has 0 aliphatic rings. The molecule has 1 atom stereocenters. The molecule has 0 aliphatic carbocycles. The van der Waals surface area contributed by atoms with E-state index in [1.54, 1.807) is 162 Å². The van der Waals surface area contributed by atoms with Gasteiger partial charge in [-0.15, -0.1) is 12.4 Å². The number of benzene rings is 5. The number of carbonyl (C=O) groups excluding carboxylic acids is 3. The van der Waals surface area contributed by atoms with Crippen molar-refractivity contribution in [2.75, 3.05) is 38.9 Å². The van der Waals surface area contributed by atoms with E-state index in [1.807, 2.05) is 85.5 Å². The van der Waals surface area contributed by atoms with Crippen LogP contribution in [-0.2, 0) is 9.24 Å². The standard InChI is InChI=1S/C14H8Cl2N2O2.C14H8Cl2N2O.C13H9Cl2N5O.C13H8Cl2N2.C8H5BrCl2O.C5H6N2.C3H7ClN.C2H6O.CH3F.ClO2.ClH.2Na.HO4P.H/c15-8-4-5-10(16)9(7-8)12-13(14(19)20)18-6-2-1-3-11(18)17-12;15-9-4-5-11(16)10(7-9)14-12(8-19)18-6-2-1-3-13(18)17-14;14-7-2-3-9(15)8(6-7)10-11(12(21)19-16)20-5-1-4-17-13(20)18-10;14-9-4-5-11(15)10(7-9)12-8-17-6-2-1-3-13(17)16-12;9-4-8(12)6-3-5(10)1-2-7(6)11;6-5-3-1-2-4-7-5;1-5(2)3-4;1-2-3;1-2;2-1-3;;;;1-4-5(2)3;/h1-7H,(H,19,20);1-8H;1-6H,16H2,(H,19,21);1-8H;1-3H,4H2;1-4H,(H2,6,7);3H,1-2H3;3H,2H2,1H3;1H3;;1H;;;1H;/q;;;;;;+1;;;-1;;2*+1;;-1/i;;;;;;;;1D;;;;;;. The molecule has 0 spiro atoms. The molecule has 9 aromatic heterocycles. The van der Waals surface area contributed by atoms with E-state index in [1.165, 1.54) is 14.5 Å². The molecule has 14 rings (SSSR count). The van der Waals surface area contributed by atoms with Gasteiger partial charge >= 0.3 is 73.3 Å². The van der Waals surface area contributed by atoms with Gasteiger partial charge in [0.1, 0.15) is 65.3 Å². The van der Waals surface area contributed by atoms with Crippen molar-refractivity contribution in [1.29, 1.82) is 0 Å². The first-order valence-corrected chi connectivity index (χ1v) is 38.4. The number of hydrazine groups is 1. The van der Waals surface area contributed by atoms with E-state index in [0.29, 0.717) is 118 Å². The normalized spacial score (nSPS) is 9.93. The average molecular weight is 1970 g/mol. The van der Waals surface area contributed by atoms with Crippen molar-refractivity contribution in [3.8, 4) is 45.0 Å². The smallest absolute Gasteiger partial charge is 1.00 e. The first-order valence-electron chi connectivity index (χ1n) is 32.0. The molecule has 9 heterocycles. The third-order valence-corrected chi connectivity index (χ3v) is 17.4. The summed E-state index contributed by atoms with van der Waals surface area (Å²) in [7, 11) is -0.307. The number of hydrogen-bond acceptors (Lipinski definition) is 19. The van der Waals surface area contributed by atoms with Crippen LogP contribution in [0.3, 0.4) is 0 Å². The fourth-order valence-electron chi connectivity index (χ4n) is 9.03. The molecular formula is C73H63BrCl13FN14Na2O12P+. The van der Waals surface area contributed by atoms with E-state index in [0.717, 1.165) is 23.2 Å². The van der Waals surface area contributed by atoms with E-state index < -0.39 is 38.6 Å². The number of aldehydes is 1. The van der Waals surface area contributed by atoms with Gasteiger partial charge in [-0.25, -0.2) is 50.4 Å². The molecule has 14 aromatic rings. The molecule has 1 amide bonds. The number of amides is 1. The maximum atomic E-state index is 12.1. The van der Waals surface area contributed by atoms with Crippen molar-refractivity contribution in [2.24, 2.45) is 5.84 Å². The molecule has 0 aliphatic heterocycles. The Balaban J connectivity index is 0.00000136. The SMILES string of the molecule is CCO.C[N+](C)=CCl.Cl.Clc1ccc(Cl)c(-c2cn3ccccc3n2)c1.NNC(=O)c1c(-c2cc(Cl)ccc2Cl)nc2ncccn12.Nc1ccccn1.O=C(CBr)c1cc(Cl)ccc1Cl.O=C(O)c1c(-c2cc(Cl)ccc2Cl)nc2ccccn12.O=Cc1c(-c2cc(Cl)ccc2Cl)nc2ccccn12.O=[P+]([O-])OO.[2H]CF.[H-].[Na+].[Na+].[O-][Cl+][O-]. The van der Waals surface area contributed by atoms with E-state index in [4.69, 9.17) is 170 Å². The molecule has 608 valence electrons. The number of rotatable bonds is 10. The predicted octanol–water partition coefficient (Wildman–Crippen LogP) is 11.7. The number of nitrogens with zero attached hydrogens (tertiary/aromatic N) is 11. The summed E-state index contributed by atoms with van der Waals surface area (Å²) in [6.07, 6.45) is 13.0. The van der Waals surface area contributed by atoms with E-state index in [2.05, 4.69) is 55.9 Å². The third kappa shape index (κ3) is 34.3. The summed E-state index contributed by atoms with van der Waals surface area (Å²) in [5, 5.41) is 29.4. The molecule has 0 radical (unpaired) electrons. The summed E-state index contributed by atoms with van der Waals surface area (Å²) in [5.74, 6) is 4.54. The molecule has 117 heavy (non-hydrogen) atoms. The number of aliphatic hydroxyl groups is 1. The number of pyridine rings is 4. The molecule has 0 saturated carbocycles. The van der Waals surface area contributed by atoms with Crippen LogP contribution in [0.1, 0.15) is 51.5 Å². The van der Waals surface area contributed by atoms with Gasteiger partial charge in [-0.05, 0) is 169 Å². The van der Waals surface area contributed by atoms with Gasteiger partial charge in [0.25, 0.3) is 5.91 Å². The number of nitrogens with two attached hydrogens (primary N) is 2. The van der Waals surface area contributed by atoms with Gasteiger partial charge in [0.2, 0.25) is 11.5 Å². The Labute approximate surface area is 789 Å². The molecule has 0 fully saturated rings. The zero-order valence-electron chi connectivity index (χ0n) is 63.2. The van der Waals surface area contributed by atoms with Crippen molar-refractivity contribution in [3.05, 3.63) is 286 Å². The van der Waals surface area contributed by atoms with Crippen LogP contribution < -0.4 is 90.3 Å².